The molecule has 1 aromatic rings. The van der Waals surface area contributed by atoms with Crippen molar-refractivity contribution in [2.75, 3.05) is 6.54 Å². The zero-order valence-electron chi connectivity index (χ0n) is 19.2. The van der Waals surface area contributed by atoms with Crippen molar-refractivity contribution in [2.24, 2.45) is 17.8 Å². The molecule has 1 aliphatic heterocycles. The molecule has 3 aliphatic carbocycles. The summed E-state index contributed by atoms with van der Waals surface area (Å²) in [6, 6.07) is 6.54. The van der Waals surface area contributed by atoms with E-state index in [-0.39, 0.29) is 23.2 Å². The van der Waals surface area contributed by atoms with E-state index >= 15 is 0 Å². The summed E-state index contributed by atoms with van der Waals surface area (Å²) < 4.78 is 5.82. The van der Waals surface area contributed by atoms with Crippen LogP contribution < -0.4 is 4.74 Å². The summed E-state index contributed by atoms with van der Waals surface area (Å²) in [5.74, 6) is 1.82. The highest BCUT2D eigenvalue weighted by Crippen LogP contribution is 2.48. The predicted molar refractivity (Wildman–Crippen MR) is 121 cm³/mol. The number of rotatable bonds is 3. The van der Waals surface area contributed by atoms with Crippen molar-refractivity contribution in [3.05, 3.63) is 29.3 Å². The van der Waals surface area contributed by atoms with Gasteiger partial charge in [-0.05, 0) is 79.5 Å². The molecular formula is C27H37NO3. The minimum atomic E-state index is -0.0602. The van der Waals surface area contributed by atoms with Gasteiger partial charge in [-0.25, -0.2) is 0 Å². The minimum absolute atomic E-state index is 0.0390. The van der Waals surface area contributed by atoms with E-state index < -0.39 is 0 Å². The molecule has 0 N–H and O–H groups in total. The van der Waals surface area contributed by atoms with Crippen molar-refractivity contribution in [3.63, 3.8) is 0 Å². The second kappa shape index (κ2) is 8.26. The van der Waals surface area contributed by atoms with Crippen LogP contribution in [0.5, 0.6) is 5.75 Å². The summed E-state index contributed by atoms with van der Waals surface area (Å²) in [5.41, 5.74) is 2.58. The van der Waals surface area contributed by atoms with Crippen molar-refractivity contribution < 1.29 is 14.3 Å². The van der Waals surface area contributed by atoms with E-state index in [2.05, 4.69) is 30.9 Å². The Morgan fingerprint density at radius 2 is 1.61 bits per heavy atom. The Bertz CT molecular complexity index is 848. The van der Waals surface area contributed by atoms with Crippen molar-refractivity contribution in [1.82, 2.24) is 4.90 Å². The Labute approximate surface area is 186 Å². The van der Waals surface area contributed by atoms with E-state index in [0.29, 0.717) is 23.6 Å². The number of carbonyl (C=O) groups excluding carboxylic acids is 2. The molecular weight excluding hydrogens is 386 g/mol. The number of nitrogens with zero attached hydrogens (tertiary/aromatic N) is 1. The number of hydrogen-bond donors (Lipinski definition) is 0. The summed E-state index contributed by atoms with van der Waals surface area (Å²) in [5, 5.41) is 0. The third kappa shape index (κ3) is 3.81. The Morgan fingerprint density at radius 3 is 2.32 bits per heavy atom. The maximum atomic E-state index is 13.3. The fourth-order valence-corrected chi connectivity index (χ4v) is 7.02. The standard InChI is InChI=1S/C27H37NO3/c1-27(2)22-12-7-15-28(25(29)18-8-3-4-9-18)24(22)16-20-13-14-21(17-23(20)27)31-26(30)19-10-5-6-11-19/h13-14,17-19,22,24H,3-12,15-16H2,1-2H3/t22-,24-/m0/s1. The topological polar surface area (TPSA) is 46.6 Å². The quantitative estimate of drug-likeness (QED) is 0.482. The predicted octanol–water partition coefficient (Wildman–Crippen LogP) is 5.41. The first-order valence-corrected chi connectivity index (χ1v) is 12.6. The summed E-state index contributed by atoms with van der Waals surface area (Å²) in [4.78, 5) is 28.2. The molecule has 2 saturated carbocycles. The number of carbonyl (C=O) groups is 2. The Morgan fingerprint density at radius 1 is 0.935 bits per heavy atom. The van der Waals surface area contributed by atoms with Crippen molar-refractivity contribution >= 4 is 11.9 Å². The largest absolute Gasteiger partial charge is 0.426 e. The lowest BCUT2D eigenvalue weighted by molar-refractivity contribution is -0.142. The van der Waals surface area contributed by atoms with Gasteiger partial charge in [0.05, 0.1) is 5.92 Å². The first kappa shape index (κ1) is 21.0. The van der Waals surface area contributed by atoms with Gasteiger partial charge in [-0.15, -0.1) is 0 Å². The average Bonchev–Trinajstić information content (AvgIpc) is 3.48. The highest BCUT2D eigenvalue weighted by Gasteiger charge is 2.48. The van der Waals surface area contributed by atoms with E-state index in [1.54, 1.807) is 0 Å². The van der Waals surface area contributed by atoms with E-state index in [1.165, 1.54) is 24.0 Å². The molecule has 0 unspecified atom stereocenters. The molecule has 1 heterocycles. The lowest BCUT2D eigenvalue weighted by Crippen LogP contribution is -2.57. The smallest absolute Gasteiger partial charge is 0.314 e. The second-order valence-corrected chi connectivity index (χ2v) is 11.0. The van der Waals surface area contributed by atoms with Gasteiger partial charge in [-0.3, -0.25) is 9.59 Å². The summed E-state index contributed by atoms with van der Waals surface area (Å²) >= 11 is 0. The van der Waals surface area contributed by atoms with Crippen molar-refractivity contribution in [3.8, 4) is 5.75 Å². The minimum Gasteiger partial charge on any atom is -0.426 e. The van der Waals surface area contributed by atoms with E-state index in [9.17, 15) is 9.59 Å². The van der Waals surface area contributed by atoms with Gasteiger partial charge in [-0.2, -0.15) is 0 Å². The van der Waals surface area contributed by atoms with Crippen LogP contribution in [-0.2, 0) is 21.4 Å². The second-order valence-electron chi connectivity index (χ2n) is 11.0. The number of fused-ring (bicyclic) bond motifs is 2. The van der Waals surface area contributed by atoms with Gasteiger partial charge in [0.1, 0.15) is 5.75 Å². The molecule has 0 spiro atoms. The van der Waals surface area contributed by atoms with Crippen LogP contribution in [0.4, 0.5) is 0 Å². The number of likely N-dealkylation sites (tertiary alicyclic amines) is 1. The number of ether oxygens (including phenoxy) is 1. The van der Waals surface area contributed by atoms with Gasteiger partial charge in [-0.1, -0.05) is 45.6 Å². The molecule has 31 heavy (non-hydrogen) atoms. The number of benzene rings is 1. The molecule has 2 atom stereocenters. The van der Waals surface area contributed by atoms with E-state index in [4.69, 9.17) is 4.74 Å². The van der Waals surface area contributed by atoms with Gasteiger partial charge in [0.15, 0.2) is 0 Å². The summed E-state index contributed by atoms with van der Waals surface area (Å²) in [6.45, 7) is 5.57. The maximum absolute atomic E-state index is 13.3. The highest BCUT2D eigenvalue weighted by atomic mass is 16.5. The van der Waals surface area contributed by atoms with Crippen LogP contribution in [0.15, 0.2) is 18.2 Å². The van der Waals surface area contributed by atoms with Crippen LogP contribution in [0.1, 0.15) is 89.2 Å². The number of amides is 1. The fourth-order valence-electron chi connectivity index (χ4n) is 7.02. The van der Waals surface area contributed by atoms with Crippen LogP contribution in [0.3, 0.4) is 0 Å². The average molecular weight is 424 g/mol. The third-order valence-electron chi connectivity index (χ3n) is 8.80. The van der Waals surface area contributed by atoms with Gasteiger partial charge < -0.3 is 9.64 Å². The Hall–Kier alpha value is -1.84. The molecule has 168 valence electrons. The lowest BCUT2D eigenvalue weighted by Gasteiger charge is -2.52. The van der Waals surface area contributed by atoms with Crippen molar-refractivity contribution in [2.45, 2.75) is 95.9 Å². The Balaban J connectivity index is 1.39. The van der Waals surface area contributed by atoms with Crippen molar-refractivity contribution in [1.29, 1.82) is 0 Å². The normalized spacial score (nSPS) is 28.3. The summed E-state index contributed by atoms with van der Waals surface area (Å²) in [6.07, 6.45) is 11.9. The number of hydrogen-bond acceptors (Lipinski definition) is 3. The maximum Gasteiger partial charge on any atom is 0.314 e. The first-order chi connectivity index (χ1) is 14.9. The van der Waals surface area contributed by atoms with Crippen LogP contribution in [0.2, 0.25) is 0 Å². The Kier molecular flexibility index (Phi) is 5.60. The molecule has 1 saturated heterocycles. The molecule has 1 amide bonds. The molecule has 0 aromatic heterocycles. The van der Waals surface area contributed by atoms with Crippen LogP contribution >= 0.6 is 0 Å². The van der Waals surface area contributed by atoms with Gasteiger partial charge >= 0.3 is 5.97 Å². The molecule has 3 fully saturated rings. The molecule has 0 bridgehead atoms. The molecule has 5 rings (SSSR count). The zero-order chi connectivity index (χ0) is 21.6. The van der Waals surface area contributed by atoms with Crippen LogP contribution in [0.25, 0.3) is 0 Å². The number of piperidine rings is 1. The van der Waals surface area contributed by atoms with Crippen LogP contribution in [-0.4, -0.2) is 29.4 Å². The molecule has 1 aromatic carbocycles. The monoisotopic (exact) mass is 423 g/mol. The van der Waals surface area contributed by atoms with Gasteiger partial charge in [0.25, 0.3) is 0 Å². The SMILES string of the molecule is CC1(C)c2cc(OC(=O)C3CCCC3)ccc2C[C@H]2[C@@H]1CCCN2C(=O)C1CCCC1. The highest BCUT2D eigenvalue weighted by molar-refractivity contribution is 5.80. The fraction of sp³-hybridized carbons (Fsp3) is 0.704. The molecule has 4 aliphatic rings. The lowest BCUT2D eigenvalue weighted by atomic mass is 9.60. The summed E-state index contributed by atoms with van der Waals surface area (Å²) in [7, 11) is 0. The molecule has 0 radical (unpaired) electrons. The zero-order valence-corrected chi connectivity index (χ0v) is 19.2. The number of esters is 1. The molecule has 4 nitrogen and oxygen atoms in total. The third-order valence-corrected chi connectivity index (χ3v) is 8.80. The van der Waals surface area contributed by atoms with Gasteiger partial charge in [0.2, 0.25) is 5.91 Å². The molecule has 4 heteroatoms. The first-order valence-electron chi connectivity index (χ1n) is 12.6. The van der Waals surface area contributed by atoms with Gasteiger partial charge in [0, 0.05) is 18.5 Å². The van der Waals surface area contributed by atoms with E-state index in [0.717, 1.165) is 64.3 Å². The van der Waals surface area contributed by atoms with Crippen LogP contribution in [0, 0.1) is 17.8 Å². The van der Waals surface area contributed by atoms with E-state index in [1.807, 2.05) is 6.07 Å².